The third kappa shape index (κ3) is 3.53. The number of fused-ring (bicyclic) bond motifs is 1. The number of carbonyl (C=O) groups excluding carboxylic acids is 2. The zero-order valence-electron chi connectivity index (χ0n) is 16.1. The molecule has 2 atom stereocenters. The Morgan fingerprint density at radius 1 is 1.29 bits per heavy atom. The monoisotopic (exact) mass is 416 g/mol. The van der Waals surface area contributed by atoms with Crippen LogP contribution in [-0.4, -0.2) is 45.4 Å². The molecule has 0 aliphatic carbocycles. The minimum atomic E-state index is -0.389. The first-order valence-corrected chi connectivity index (χ1v) is 11.3. The Hall–Kier alpha value is -1.99. The second-order valence-electron chi connectivity index (χ2n) is 7.35. The smallest absolute Gasteiger partial charge is 0.246 e. The summed E-state index contributed by atoms with van der Waals surface area (Å²) in [5.41, 5.74) is 0.969. The minimum Gasteiger partial charge on any atom is -0.496 e. The van der Waals surface area contributed by atoms with Crippen molar-refractivity contribution in [1.82, 2.24) is 9.80 Å². The molecule has 5 nitrogen and oxygen atoms in total. The van der Waals surface area contributed by atoms with E-state index in [1.807, 2.05) is 51.6 Å². The Morgan fingerprint density at radius 2 is 2.11 bits per heavy atom. The predicted molar refractivity (Wildman–Crippen MR) is 112 cm³/mol. The second kappa shape index (κ2) is 7.79. The van der Waals surface area contributed by atoms with Crippen molar-refractivity contribution in [2.45, 2.75) is 43.8 Å². The fourth-order valence-electron chi connectivity index (χ4n) is 4.06. The van der Waals surface area contributed by atoms with Crippen molar-refractivity contribution in [3.8, 4) is 5.75 Å². The van der Waals surface area contributed by atoms with E-state index in [0.29, 0.717) is 25.3 Å². The molecule has 28 heavy (non-hydrogen) atoms. The summed E-state index contributed by atoms with van der Waals surface area (Å²) in [5, 5.41) is 2.02. The van der Waals surface area contributed by atoms with Crippen molar-refractivity contribution in [3.05, 3.63) is 52.2 Å². The summed E-state index contributed by atoms with van der Waals surface area (Å²) in [6, 6.07) is 11.4. The SMILES string of the molecule is COc1ccccc1CN(Cc1cccs1)C(=O)[C@H]1CS[C@@]2(C)CCC(=O)N12. The standard InChI is InChI=1S/C21H24N2O3S2/c1-21-10-9-19(24)23(21)17(14-28-21)20(25)22(13-16-7-5-11-27-16)12-15-6-3-4-8-18(15)26-2/h3-8,11,17H,9-10,12-14H2,1-2H3/t17-,21+/m1/s1. The van der Waals surface area contributed by atoms with E-state index < -0.39 is 0 Å². The van der Waals surface area contributed by atoms with Gasteiger partial charge in [-0.2, -0.15) is 0 Å². The molecule has 0 unspecified atom stereocenters. The molecule has 2 saturated heterocycles. The Bertz CT molecular complexity index is 870. The Kier molecular flexibility index (Phi) is 5.38. The van der Waals surface area contributed by atoms with Crippen LogP contribution >= 0.6 is 23.1 Å². The molecule has 0 spiro atoms. The largest absolute Gasteiger partial charge is 0.496 e. The van der Waals surface area contributed by atoms with Crippen LogP contribution in [0.2, 0.25) is 0 Å². The zero-order chi connectivity index (χ0) is 19.7. The molecule has 2 aliphatic rings. The van der Waals surface area contributed by atoms with Gasteiger partial charge in [0.15, 0.2) is 0 Å². The highest BCUT2D eigenvalue weighted by Gasteiger charge is 2.53. The molecule has 7 heteroatoms. The maximum atomic E-state index is 13.6. The molecule has 0 saturated carbocycles. The fourth-order valence-corrected chi connectivity index (χ4v) is 6.20. The number of hydrogen-bond donors (Lipinski definition) is 0. The number of benzene rings is 1. The number of ether oxygens (including phenoxy) is 1. The Balaban J connectivity index is 1.61. The van der Waals surface area contributed by atoms with Gasteiger partial charge in [-0.25, -0.2) is 0 Å². The summed E-state index contributed by atoms with van der Waals surface area (Å²) < 4.78 is 5.49. The molecule has 3 heterocycles. The average Bonchev–Trinajstić information content (AvgIpc) is 3.39. The summed E-state index contributed by atoms with van der Waals surface area (Å²) >= 11 is 3.37. The highest BCUT2D eigenvalue weighted by molar-refractivity contribution is 8.01. The molecule has 2 aliphatic heterocycles. The van der Waals surface area contributed by atoms with E-state index in [-0.39, 0.29) is 22.7 Å². The first-order chi connectivity index (χ1) is 13.5. The van der Waals surface area contributed by atoms with Crippen molar-refractivity contribution in [2.24, 2.45) is 0 Å². The first-order valence-electron chi connectivity index (χ1n) is 9.41. The van der Waals surface area contributed by atoms with E-state index in [4.69, 9.17) is 4.74 Å². The summed E-state index contributed by atoms with van der Waals surface area (Å²) in [7, 11) is 1.65. The average molecular weight is 417 g/mol. The number of hydrogen-bond acceptors (Lipinski definition) is 5. The molecule has 0 bridgehead atoms. The van der Waals surface area contributed by atoms with Crippen LogP contribution in [0, 0.1) is 0 Å². The summed E-state index contributed by atoms with van der Waals surface area (Å²) in [4.78, 5) is 30.7. The molecule has 0 N–H and O–H groups in total. The van der Waals surface area contributed by atoms with Gasteiger partial charge in [0.25, 0.3) is 0 Å². The van der Waals surface area contributed by atoms with Crippen molar-refractivity contribution >= 4 is 34.9 Å². The van der Waals surface area contributed by atoms with Crippen LogP contribution in [0.4, 0.5) is 0 Å². The maximum absolute atomic E-state index is 13.6. The van der Waals surface area contributed by atoms with Gasteiger partial charge in [0.2, 0.25) is 11.8 Å². The van der Waals surface area contributed by atoms with Crippen LogP contribution in [0.15, 0.2) is 41.8 Å². The lowest BCUT2D eigenvalue weighted by Crippen LogP contribution is -2.51. The molecular weight excluding hydrogens is 392 g/mol. The Morgan fingerprint density at radius 3 is 2.86 bits per heavy atom. The quantitative estimate of drug-likeness (QED) is 0.720. The zero-order valence-corrected chi connectivity index (χ0v) is 17.7. The van der Waals surface area contributed by atoms with Crippen LogP contribution in [0.5, 0.6) is 5.75 Å². The van der Waals surface area contributed by atoms with Crippen LogP contribution < -0.4 is 4.74 Å². The number of thioether (sulfide) groups is 1. The van der Waals surface area contributed by atoms with E-state index in [9.17, 15) is 9.59 Å². The van der Waals surface area contributed by atoms with Gasteiger partial charge in [0.1, 0.15) is 11.8 Å². The van der Waals surface area contributed by atoms with Crippen molar-refractivity contribution in [1.29, 1.82) is 0 Å². The van der Waals surface area contributed by atoms with Crippen molar-refractivity contribution in [3.63, 3.8) is 0 Å². The summed E-state index contributed by atoms with van der Waals surface area (Å²) in [6.07, 6.45) is 1.35. The number of para-hydroxylation sites is 1. The molecule has 4 rings (SSSR count). The molecule has 2 fully saturated rings. The van der Waals surface area contributed by atoms with Crippen LogP contribution in [-0.2, 0) is 22.7 Å². The lowest BCUT2D eigenvalue weighted by atomic mass is 10.1. The summed E-state index contributed by atoms with van der Waals surface area (Å²) in [6.45, 7) is 3.08. The predicted octanol–water partition coefficient (Wildman–Crippen LogP) is 3.74. The third-order valence-corrected chi connectivity index (χ3v) is 7.89. The molecule has 2 amide bonds. The Labute approximate surface area is 173 Å². The molecule has 0 radical (unpaired) electrons. The molecule has 2 aromatic rings. The molecule has 1 aromatic heterocycles. The van der Waals surface area contributed by atoms with E-state index in [0.717, 1.165) is 22.6 Å². The van der Waals surface area contributed by atoms with Crippen molar-refractivity contribution in [2.75, 3.05) is 12.9 Å². The molecular formula is C21H24N2O3S2. The number of thiophene rings is 1. The number of methoxy groups -OCH3 is 1. The lowest BCUT2D eigenvalue weighted by Gasteiger charge is -2.33. The van der Waals surface area contributed by atoms with Gasteiger partial charge in [0, 0.05) is 29.2 Å². The van der Waals surface area contributed by atoms with E-state index in [1.54, 1.807) is 30.2 Å². The maximum Gasteiger partial charge on any atom is 0.246 e. The number of carbonyl (C=O) groups is 2. The van der Waals surface area contributed by atoms with Gasteiger partial charge >= 0.3 is 0 Å². The van der Waals surface area contributed by atoms with E-state index in [2.05, 4.69) is 6.92 Å². The summed E-state index contributed by atoms with van der Waals surface area (Å²) in [5.74, 6) is 1.55. The topological polar surface area (TPSA) is 49.9 Å². The lowest BCUT2D eigenvalue weighted by molar-refractivity contribution is -0.144. The normalized spacial score (nSPS) is 23.7. The van der Waals surface area contributed by atoms with Gasteiger partial charge in [0.05, 0.1) is 18.5 Å². The van der Waals surface area contributed by atoms with Crippen LogP contribution in [0.25, 0.3) is 0 Å². The number of amides is 2. The second-order valence-corrected chi connectivity index (χ2v) is 9.88. The molecule has 148 valence electrons. The fraction of sp³-hybridized carbons (Fsp3) is 0.429. The van der Waals surface area contributed by atoms with Gasteiger partial charge in [-0.15, -0.1) is 23.1 Å². The van der Waals surface area contributed by atoms with Gasteiger partial charge < -0.3 is 14.5 Å². The highest BCUT2D eigenvalue weighted by atomic mass is 32.2. The van der Waals surface area contributed by atoms with Gasteiger partial charge in [-0.3, -0.25) is 9.59 Å². The number of nitrogens with zero attached hydrogens (tertiary/aromatic N) is 2. The van der Waals surface area contributed by atoms with E-state index in [1.165, 1.54) is 0 Å². The highest BCUT2D eigenvalue weighted by Crippen LogP contribution is 2.47. The van der Waals surface area contributed by atoms with E-state index >= 15 is 0 Å². The van der Waals surface area contributed by atoms with Crippen LogP contribution in [0.3, 0.4) is 0 Å². The third-order valence-electron chi connectivity index (χ3n) is 5.52. The van der Waals surface area contributed by atoms with Gasteiger partial charge in [-0.1, -0.05) is 24.3 Å². The van der Waals surface area contributed by atoms with Crippen molar-refractivity contribution < 1.29 is 14.3 Å². The van der Waals surface area contributed by atoms with Crippen LogP contribution in [0.1, 0.15) is 30.2 Å². The first kappa shape index (κ1) is 19.3. The molecule has 1 aromatic carbocycles. The number of rotatable bonds is 6. The van der Waals surface area contributed by atoms with Gasteiger partial charge in [-0.05, 0) is 30.9 Å². The minimum absolute atomic E-state index is 0.0192.